The molecule has 1 aromatic carbocycles. The molecule has 8 nitrogen and oxygen atoms in total. The molecule has 3 N–H and O–H groups in total. The average Bonchev–Trinajstić information content (AvgIpc) is 3.16. The maximum atomic E-state index is 14.3. The zero-order valence-electron chi connectivity index (χ0n) is 17.4. The average molecular weight is 517 g/mol. The highest BCUT2D eigenvalue weighted by molar-refractivity contribution is 7.22. The molecule has 35 heavy (non-hydrogen) atoms. The Kier molecular flexibility index (Phi) is 6.12. The number of pyridine rings is 1. The molecule has 0 radical (unpaired) electrons. The van der Waals surface area contributed by atoms with Gasteiger partial charge < -0.3 is 10.4 Å². The van der Waals surface area contributed by atoms with E-state index in [1.165, 1.54) is 13.1 Å². The van der Waals surface area contributed by atoms with Crippen molar-refractivity contribution in [3.63, 3.8) is 0 Å². The number of H-pyrrole nitrogens is 1. The highest BCUT2D eigenvalue weighted by atomic mass is 32.1. The summed E-state index contributed by atoms with van der Waals surface area (Å²) in [5, 5.41) is 16.7. The first-order valence-electron chi connectivity index (χ1n) is 9.72. The van der Waals surface area contributed by atoms with Crippen LogP contribution in [0.3, 0.4) is 0 Å². The minimum atomic E-state index is -5.08. The van der Waals surface area contributed by atoms with Gasteiger partial charge in [-0.25, -0.2) is 27.9 Å². The monoisotopic (exact) mass is 517 g/mol. The number of nitrogens with zero attached hydrogens (tertiary/aromatic N) is 3. The lowest BCUT2D eigenvalue weighted by Gasteiger charge is -2.09. The molecule has 2 atom stereocenters. The Balaban J connectivity index is 0.000000364. The van der Waals surface area contributed by atoms with Gasteiger partial charge in [0.2, 0.25) is 5.91 Å². The topological polar surface area (TPSA) is 121 Å². The molecule has 5 rings (SSSR count). The number of carbonyl (C=O) groups excluding carboxylic acids is 1. The van der Waals surface area contributed by atoms with Crippen molar-refractivity contribution < 1.29 is 41.0 Å². The number of amides is 1. The summed E-state index contributed by atoms with van der Waals surface area (Å²) < 4.78 is 73.2. The Hall–Kier alpha value is -3.75. The number of aromatic amines is 1. The maximum absolute atomic E-state index is 14.3. The van der Waals surface area contributed by atoms with Crippen molar-refractivity contribution in [2.75, 3.05) is 5.32 Å². The number of alkyl halides is 4. The van der Waals surface area contributed by atoms with Crippen LogP contribution in [0.5, 0.6) is 0 Å². The molecule has 0 saturated heterocycles. The maximum Gasteiger partial charge on any atom is 0.490 e. The molecule has 184 valence electrons. The van der Waals surface area contributed by atoms with E-state index in [0.717, 1.165) is 11.3 Å². The second-order valence-corrected chi connectivity index (χ2v) is 8.45. The molecule has 0 unspecified atom stereocenters. The number of fused-ring (bicyclic) bond motifs is 2. The standard InChI is InChI=1S/C18H12F3N5OS.C2HF3O2/c1-6-12(8-5-22-26-15(8)14(21)13(6)20)10-2-3-11-17(23-10)28-18(24-11)25-16(27)7-4-9(7)19;3-2(4,5)1(6)7/h2-3,5,7,9H,4H2,1H3,(H,22,26)(H,24,25,27);(H,6,7)/t7-,9+;/m1./s1. The van der Waals surface area contributed by atoms with Crippen molar-refractivity contribution in [3.05, 3.63) is 35.5 Å². The molecular formula is C20H13F6N5O3S. The van der Waals surface area contributed by atoms with Crippen molar-refractivity contribution >= 4 is 49.6 Å². The molecule has 4 aromatic rings. The van der Waals surface area contributed by atoms with Crippen molar-refractivity contribution in [1.82, 2.24) is 20.2 Å². The number of hydrogen-bond donors (Lipinski definition) is 3. The Morgan fingerprint density at radius 3 is 2.46 bits per heavy atom. The summed E-state index contributed by atoms with van der Waals surface area (Å²) in [5.74, 6) is -5.72. The van der Waals surface area contributed by atoms with Crippen molar-refractivity contribution in [2.45, 2.75) is 25.7 Å². The number of carboxylic acid groups (broad SMARTS) is 1. The Morgan fingerprint density at radius 2 is 1.86 bits per heavy atom. The fourth-order valence-electron chi connectivity index (χ4n) is 3.20. The summed E-state index contributed by atoms with van der Waals surface area (Å²) >= 11 is 1.13. The molecular weight excluding hydrogens is 504 g/mol. The van der Waals surface area contributed by atoms with Crippen LogP contribution in [0.1, 0.15) is 12.0 Å². The largest absolute Gasteiger partial charge is 0.490 e. The van der Waals surface area contributed by atoms with E-state index in [4.69, 9.17) is 9.90 Å². The fourth-order valence-corrected chi connectivity index (χ4v) is 4.04. The van der Waals surface area contributed by atoms with Crippen LogP contribution in [0.4, 0.5) is 31.5 Å². The fraction of sp³-hybridized carbons (Fsp3) is 0.250. The van der Waals surface area contributed by atoms with Crippen LogP contribution in [0.15, 0.2) is 18.3 Å². The molecule has 1 aliphatic carbocycles. The lowest BCUT2D eigenvalue weighted by molar-refractivity contribution is -0.192. The number of aromatic nitrogens is 4. The second kappa shape index (κ2) is 8.79. The number of hydrogen-bond acceptors (Lipinski definition) is 6. The minimum absolute atomic E-state index is 0.0255. The van der Waals surface area contributed by atoms with Crippen LogP contribution in [-0.4, -0.2) is 49.5 Å². The summed E-state index contributed by atoms with van der Waals surface area (Å²) in [7, 11) is 0. The molecule has 1 fully saturated rings. The van der Waals surface area contributed by atoms with Crippen LogP contribution >= 0.6 is 11.3 Å². The van der Waals surface area contributed by atoms with Gasteiger partial charge in [-0.1, -0.05) is 11.3 Å². The Labute approximate surface area is 195 Å². The first kappa shape index (κ1) is 24.4. The Morgan fingerprint density at radius 1 is 1.20 bits per heavy atom. The van der Waals surface area contributed by atoms with Crippen LogP contribution in [-0.2, 0) is 9.59 Å². The van der Waals surface area contributed by atoms with Crippen LogP contribution in [0.25, 0.3) is 32.5 Å². The van der Waals surface area contributed by atoms with Crippen LogP contribution in [0.2, 0.25) is 0 Å². The highest BCUT2D eigenvalue weighted by Gasteiger charge is 2.44. The van der Waals surface area contributed by atoms with Gasteiger partial charge >= 0.3 is 12.1 Å². The molecule has 0 spiro atoms. The summed E-state index contributed by atoms with van der Waals surface area (Å²) in [6, 6.07) is 3.34. The molecule has 1 amide bonds. The van der Waals surface area contributed by atoms with Gasteiger partial charge in [-0.3, -0.25) is 9.89 Å². The number of aliphatic carboxylic acids is 1. The van der Waals surface area contributed by atoms with Gasteiger partial charge in [0.05, 0.1) is 17.8 Å². The quantitative estimate of drug-likeness (QED) is 0.338. The number of anilines is 1. The normalized spacial score (nSPS) is 17.2. The molecule has 1 saturated carbocycles. The second-order valence-electron chi connectivity index (χ2n) is 7.48. The molecule has 3 aromatic heterocycles. The van der Waals surface area contributed by atoms with E-state index in [-0.39, 0.29) is 17.5 Å². The summed E-state index contributed by atoms with van der Waals surface area (Å²) in [6.07, 6.45) is -4.52. The van der Waals surface area contributed by atoms with Crippen molar-refractivity contribution in [1.29, 1.82) is 0 Å². The minimum Gasteiger partial charge on any atom is -0.475 e. The third-order valence-electron chi connectivity index (χ3n) is 5.06. The zero-order chi connectivity index (χ0) is 25.7. The van der Waals surface area contributed by atoms with Crippen LogP contribution < -0.4 is 5.32 Å². The predicted octanol–water partition coefficient (Wildman–Crippen LogP) is 4.75. The number of rotatable bonds is 3. The Bertz CT molecular complexity index is 1470. The molecule has 1 aliphatic rings. The predicted molar refractivity (Wildman–Crippen MR) is 112 cm³/mol. The third kappa shape index (κ3) is 4.76. The number of benzene rings is 1. The van der Waals surface area contributed by atoms with Crippen LogP contribution in [0, 0.1) is 24.5 Å². The molecule has 3 heterocycles. The van der Waals surface area contributed by atoms with Gasteiger partial charge in [0.15, 0.2) is 16.8 Å². The lowest BCUT2D eigenvalue weighted by Crippen LogP contribution is -2.21. The van der Waals surface area contributed by atoms with Gasteiger partial charge in [-0.05, 0) is 31.0 Å². The van der Waals surface area contributed by atoms with E-state index in [0.29, 0.717) is 32.1 Å². The summed E-state index contributed by atoms with van der Waals surface area (Å²) in [6.45, 7) is 1.48. The number of thiazole rings is 1. The van der Waals surface area contributed by atoms with Gasteiger partial charge in [-0.15, -0.1) is 0 Å². The number of halogens is 6. The summed E-state index contributed by atoms with van der Waals surface area (Å²) in [4.78, 5) is 30.1. The number of nitrogens with one attached hydrogen (secondary N) is 2. The van der Waals surface area contributed by atoms with E-state index in [1.54, 1.807) is 12.1 Å². The molecule has 0 aliphatic heterocycles. The first-order chi connectivity index (χ1) is 16.4. The lowest BCUT2D eigenvalue weighted by atomic mass is 10.00. The zero-order valence-corrected chi connectivity index (χ0v) is 18.2. The van der Waals surface area contributed by atoms with E-state index in [2.05, 4.69) is 25.5 Å². The highest BCUT2D eigenvalue weighted by Crippen LogP contribution is 2.37. The van der Waals surface area contributed by atoms with E-state index in [9.17, 15) is 31.1 Å². The molecule has 15 heteroatoms. The van der Waals surface area contributed by atoms with Gasteiger partial charge in [-0.2, -0.15) is 18.3 Å². The van der Waals surface area contributed by atoms with E-state index >= 15 is 0 Å². The van der Waals surface area contributed by atoms with Gasteiger partial charge in [0.25, 0.3) is 0 Å². The summed E-state index contributed by atoms with van der Waals surface area (Å²) in [5.41, 5.74) is 1.51. The number of carboxylic acids is 1. The smallest absolute Gasteiger partial charge is 0.475 e. The van der Waals surface area contributed by atoms with Gasteiger partial charge in [0.1, 0.15) is 22.0 Å². The van der Waals surface area contributed by atoms with E-state index < -0.39 is 41.8 Å². The first-order valence-corrected chi connectivity index (χ1v) is 10.5. The van der Waals surface area contributed by atoms with Crippen molar-refractivity contribution in [2.24, 2.45) is 5.92 Å². The number of carbonyl (C=O) groups is 2. The SMILES string of the molecule is Cc1c(F)c(F)c2[nH]ncc2c1-c1ccc2nc(NC(=O)[C@@H]3C[C@@H]3F)sc2n1.O=C(O)C(F)(F)F. The van der Waals surface area contributed by atoms with Crippen molar-refractivity contribution in [3.8, 4) is 11.3 Å². The molecule has 0 bridgehead atoms. The third-order valence-corrected chi connectivity index (χ3v) is 5.94. The van der Waals surface area contributed by atoms with Gasteiger partial charge in [0, 0.05) is 10.9 Å². The van der Waals surface area contributed by atoms with E-state index in [1.807, 2.05) is 0 Å².